The van der Waals surface area contributed by atoms with Crippen LogP contribution in [0.25, 0.3) is 0 Å². The minimum Gasteiger partial charge on any atom is -0.449 e. The lowest BCUT2D eigenvalue weighted by Gasteiger charge is -2.25. The van der Waals surface area contributed by atoms with Crippen molar-refractivity contribution >= 4 is 8.80 Å². The van der Waals surface area contributed by atoms with Crippen molar-refractivity contribution in [3.63, 3.8) is 0 Å². The summed E-state index contributed by atoms with van der Waals surface area (Å²) in [7, 11) is 0.820. The molecule has 0 amide bonds. The van der Waals surface area contributed by atoms with E-state index in [4.69, 9.17) is 18.0 Å². The van der Waals surface area contributed by atoms with E-state index in [1.165, 1.54) is 5.56 Å². The van der Waals surface area contributed by atoms with Crippen LogP contribution in [0.2, 0.25) is 6.04 Å². The first-order valence-corrected chi connectivity index (χ1v) is 8.19. The molecule has 1 aliphatic rings. The molecule has 1 aromatic rings. The van der Waals surface area contributed by atoms with Gasteiger partial charge in [-0.15, -0.1) is 0 Å². The van der Waals surface area contributed by atoms with E-state index in [1.807, 2.05) is 13.0 Å². The predicted octanol–water partition coefficient (Wildman–Crippen LogP) is 3.12. The van der Waals surface area contributed by atoms with Gasteiger partial charge >= 0.3 is 8.80 Å². The number of ether oxygens (including phenoxy) is 1. The molecule has 0 aliphatic carbocycles. The van der Waals surface area contributed by atoms with Crippen LogP contribution in [0.1, 0.15) is 25.0 Å². The van der Waals surface area contributed by atoms with E-state index in [2.05, 4.69) is 13.0 Å². The average Bonchev–Trinajstić information content (AvgIpc) is 3.19. The molecule has 0 saturated carbocycles. The third-order valence-corrected chi connectivity index (χ3v) is 6.04. The van der Waals surface area contributed by atoms with Gasteiger partial charge in [0.15, 0.2) is 11.5 Å². The van der Waals surface area contributed by atoms with Crippen LogP contribution in [0.5, 0.6) is 11.5 Å². The molecule has 0 spiro atoms. The fourth-order valence-electron chi connectivity index (χ4n) is 2.13. The van der Waals surface area contributed by atoms with Crippen LogP contribution in [0, 0.1) is 0 Å². The van der Waals surface area contributed by atoms with Crippen LogP contribution in [-0.2, 0) is 26.3 Å². The van der Waals surface area contributed by atoms with E-state index in [0.717, 1.165) is 29.5 Å². The molecular formula is C13H20O4Si. The van der Waals surface area contributed by atoms with Crippen molar-refractivity contribution in [2.45, 2.75) is 32.9 Å². The Bertz CT molecular complexity index is 421. The summed E-state index contributed by atoms with van der Waals surface area (Å²) in [5.74, 6) is 2.02. The number of fused-ring (bicyclic) bond motifs is 1. The Morgan fingerprint density at radius 1 is 1.17 bits per heavy atom. The van der Waals surface area contributed by atoms with E-state index < -0.39 is 8.80 Å². The largest absolute Gasteiger partial charge is 0.500 e. The van der Waals surface area contributed by atoms with Crippen molar-refractivity contribution in [3.8, 4) is 11.5 Å². The Hall–Kier alpha value is -0.883. The molecule has 1 aromatic carbocycles. The first-order chi connectivity index (χ1) is 8.69. The molecule has 0 fully saturated rings. The standard InChI is InChI=1S/C13H20O4Si/c1-5-11-10(7-8-12-13(11)17-12)9-16-18(6-2,14-3)15-4/h7-8H,5-6,9H2,1-4H3. The highest BCUT2D eigenvalue weighted by Crippen LogP contribution is 2.49. The molecule has 0 saturated heterocycles. The van der Waals surface area contributed by atoms with Crippen LogP contribution >= 0.6 is 0 Å². The molecule has 5 heteroatoms. The van der Waals surface area contributed by atoms with Gasteiger partial charge in [-0.05, 0) is 18.1 Å². The fourth-order valence-corrected chi connectivity index (χ4v) is 3.69. The van der Waals surface area contributed by atoms with Gasteiger partial charge in [-0.1, -0.05) is 19.9 Å². The van der Waals surface area contributed by atoms with Crippen LogP contribution in [0.15, 0.2) is 12.1 Å². The summed E-state index contributed by atoms with van der Waals surface area (Å²) < 4.78 is 22.2. The van der Waals surface area contributed by atoms with Crippen molar-refractivity contribution in [2.24, 2.45) is 0 Å². The second-order valence-electron chi connectivity index (χ2n) is 4.22. The maximum atomic E-state index is 5.92. The van der Waals surface area contributed by atoms with E-state index >= 15 is 0 Å². The molecule has 100 valence electrons. The highest BCUT2D eigenvalue weighted by molar-refractivity contribution is 6.60. The van der Waals surface area contributed by atoms with Crippen molar-refractivity contribution in [3.05, 3.63) is 23.3 Å². The van der Waals surface area contributed by atoms with Gasteiger partial charge in [0, 0.05) is 25.8 Å². The highest BCUT2D eigenvalue weighted by atomic mass is 28.4. The van der Waals surface area contributed by atoms with Crippen molar-refractivity contribution < 1.29 is 18.0 Å². The topological polar surface area (TPSA) is 40.2 Å². The van der Waals surface area contributed by atoms with E-state index in [9.17, 15) is 0 Å². The van der Waals surface area contributed by atoms with E-state index in [1.54, 1.807) is 14.2 Å². The van der Waals surface area contributed by atoms with Gasteiger partial charge in [-0.25, -0.2) is 0 Å². The number of rotatable bonds is 7. The molecule has 1 heterocycles. The van der Waals surface area contributed by atoms with Gasteiger partial charge in [0.05, 0.1) is 6.61 Å². The Morgan fingerprint density at radius 2 is 1.89 bits per heavy atom. The highest BCUT2D eigenvalue weighted by Gasteiger charge is 2.37. The first kappa shape index (κ1) is 13.5. The zero-order chi connectivity index (χ0) is 13.2. The molecular weight excluding hydrogens is 248 g/mol. The molecule has 1 aliphatic heterocycles. The van der Waals surface area contributed by atoms with Crippen molar-refractivity contribution in [1.29, 1.82) is 0 Å². The number of hydrogen-bond acceptors (Lipinski definition) is 4. The third kappa shape index (κ3) is 2.44. The summed E-state index contributed by atoms with van der Waals surface area (Å²) in [5.41, 5.74) is 2.40. The van der Waals surface area contributed by atoms with Gasteiger partial charge in [0.1, 0.15) is 0 Å². The van der Waals surface area contributed by atoms with E-state index in [0.29, 0.717) is 6.61 Å². The SMILES string of the molecule is CCc1c(CO[Si](CC)(OC)OC)ccc2c1O2. The summed E-state index contributed by atoms with van der Waals surface area (Å²) in [5, 5.41) is 0. The lowest BCUT2D eigenvalue weighted by atomic mass is 10.1. The number of benzene rings is 1. The molecule has 0 radical (unpaired) electrons. The summed E-state index contributed by atoms with van der Waals surface area (Å²) in [4.78, 5) is 0. The fraction of sp³-hybridized carbons (Fsp3) is 0.538. The minimum atomic E-state index is -2.48. The molecule has 0 N–H and O–H groups in total. The van der Waals surface area contributed by atoms with Gasteiger partial charge in [-0.3, -0.25) is 0 Å². The molecule has 0 aromatic heterocycles. The summed E-state index contributed by atoms with van der Waals surface area (Å²) in [6.07, 6.45) is 0.947. The Kier molecular flexibility index (Phi) is 4.06. The van der Waals surface area contributed by atoms with Gasteiger partial charge < -0.3 is 18.0 Å². The maximum absolute atomic E-state index is 5.92. The molecule has 2 rings (SSSR count). The smallest absolute Gasteiger partial charge is 0.449 e. The molecule has 0 bridgehead atoms. The molecule has 4 nitrogen and oxygen atoms in total. The second-order valence-corrected chi connectivity index (χ2v) is 7.40. The lowest BCUT2D eigenvalue weighted by Crippen LogP contribution is -2.42. The maximum Gasteiger partial charge on any atom is 0.500 e. The lowest BCUT2D eigenvalue weighted by molar-refractivity contribution is 0.0924. The molecule has 18 heavy (non-hydrogen) atoms. The Morgan fingerprint density at radius 3 is 2.44 bits per heavy atom. The first-order valence-electron chi connectivity index (χ1n) is 6.26. The monoisotopic (exact) mass is 268 g/mol. The molecule has 0 atom stereocenters. The van der Waals surface area contributed by atoms with Crippen molar-refractivity contribution in [1.82, 2.24) is 0 Å². The van der Waals surface area contributed by atoms with Crippen LogP contribution in [0.3, 0.4) is 0 Å². The average molecular weight is 268 g/mol. The summed E-state index contributed by atoms with van der Waals surface area (Å²) in [6.45, 7) is 4.66. The van der Waals surface area contributed by atoms with Crippen molar-refractivity contribution in [2.75, 3.05) is 14.2 Å². The molecule has 0 unspecified atom stereocenters. The zero-order valence-electron chi connectivity index (χ0n) is 11.4. The predicted molar refractivity (Wildman–Crippen MR) is 70.9 cm³/mol. The van der Waals surface area contributed by atoms with Gasteiger partial charge in [0.25, 0.3) is 0 Å². The number of hydrogen-bond donors (Lipinski definition) is 0. The summed E-state index contributed by atoms with van der Waals surface area (Å²) >= 11 is 0. The van der Waals surface area contributed by atoms with Crippen LogP contribution in [0.4, 0.5) is 0 Å². The normalized spacial score (nSPS) is 13.1. The van der Waals surface area contributed by atoms with Gasteiger partial charge in [-0.2, -0.15) is 0 Å². The third-order valence-electron chi connectivity index (χ3n) is 3.35. The van der Waals surface area contributed by atoms with Crippen LogP contribution < -0.4 is 4.74 Å². The zero-order valence-corrected chi connectivity index (χ0v) is 12.4. The van der Waals surface area contributed by atoms with Crippen LogP contribution in [-0.4, -0.2) is 23.0 Å². The van der Waals surface area contributed by atoms with E-state index in [-0.39, 0.29) is 0 Å². The van der Waals surface area contributed by atoms with Gasteiger partial charge in [0.2, 0.25) is 0 Å². The Labute approximate surface area is 109 Å². The quantitative estimate of drug-likeness (QED) is 0.571. The second kappa shape index (κ2) is 5.40. The minimum absolute atomic E-state index is 0.515. The summed E-state index contributed by atoms with van der Waals surface area (Å²) in [6, 6.07) is 4.82. The Balaban J connectivity index is 2.09.